The zero-order valence-electron chi connectivity index (χ0n) is 14.9. The molecular weight excluding hydrogens is 281 g/mol. The van der Waals surface area contributed by atoms with Crippen LogP contribution in [0.15, 0.2) is 11.5 Å². The van der Waals surface area contributed by atoms with Gasteiger partial charge in [-0.2, -0.15) is 0 Å². The summed E-state index contributed by atoms with van der Waals surface area (Å²) in [6, 6.07) is 0. The van der Waals surface area contributed by atoms with Gasteiger partial charge in [-0.15, -0.1) is 0 Å². The van der Waals surface area contributed by atoms with Crippen LogP contribution >= 0.6 is 0 Å². The Labute approximate surface area is 134 Å². The summed E-state index contributed by atoms with van der Waals surface area (Å²) in [5.74, 6) is 0. The smallest absolute Gasteiger partial charge is 0.410 e. The largest absolute Gasteiger partial charge is 0.444 e. The normalized spacial score (nSPS) is 17.1. The predicted molar refractivity (Wildman–Crippen MR) is 87.7 cm³/mol. The van der Waals surface area contributed by atoms with Crippen LogP contribution in [-0.2, 0) is 9.39 Å². The van der Waals surface area contributed by atoms with Gasteiger partial charge >= 0.3 is 13.6 Å². The lowest BCUT2D eigenvalue weighted by atomic mass is 9.80. The highest BCUT2D eigenvalue weighted by molar-refractivity contribution is 6.38. The van der Waals surface area contributed by atoms with Crippen molar-refractivity contribution < 1.29 is 19.3 Å². The van der Waals surface area contributed by atoms with E-state index in [4.69, 9.17) is 9.39 Å². The van der Waals surface area contributed by atoms with Crippen molar-refractivity contribution >= 4 is 13.6 Å². The van der Waals surface area contributed by atoms with Gasteiger partial charge in [-0.05, 0) is 54.9 Å². The Bertz CT molecular complexity index is 432. The first kappa shape index (κ1) is 19.0. The summed E-state index contributed by atoms with van der Waals surface area (Å²) >= 11 is 0. The Balaban J connectivity index is 2.58. The van der Waals surface area contributed by atoms with Crippen molar-refractivity contribution in [3.63, 3.8) is 0 Å². The maximum Gasteiger partial charge on any atom is 0.410 e. The molecule has 0 spiro atoms. The third kappa shape index (κ3) is 5.65. The zero-order valence-corrected chi connectivity index (χ0v) is 14.9. The number of amides is 1. The Morgan fingerprint density at radius 3 is 2.32 bits per heavy atom. The van der Waals surface area contributed by atoms with Gasteiger partial charge in [0, 0.05) is 13.1 Å². The van der Waals surface area contributed by atoms with Crippen LogP contribution in [0.3, 0.4) is 0 Å². The summed E-state index contributed by atoms with van der Waals surface area (Å²) in [6.07, 6.45) is 2.49. The van der Waals surface area contributed by atoms with E-state index < -0.39 is 16.8 Å². The van der Waals surface area contributed by atoms with Crippen molar-refractivity contribution in [1.82, 2.24) is 4.90 Å². The SMILES string of the molecule is CC(C)(C)OC(=O)N1CCC=C([B]OC(C)(C)C(C)(C)O)C1. The lowest BCUT2D eigenvalue weighted by Crippen LogP contribution is -2.49. The van der Waals surface area contributed by atoms with E-state index in [1.165, 1.54) is 0 Å². The summed E-state index contributed by atoms with van der Waals surface area (Å²) in [4.78, 5) is 13.8. The fourth-order valence-electron chi connectivity index (χ4n) is 1.70. The average Bonchev–Trinajstić information content (AvgIpc) is 2.33. The molecule has 1 N–H and O–H groups in total. The van der Waals surface area contributed by atoms with E-state index in [9.17, 15) is 9.90 Å². The van der Waals surface area contributed by atoms with Gasteiger partial charge in [-0.3, -0.25) is 0 Å². The van der Waals surface area contributed by atoms with Crippen LogP contribution in [0, 0.1) is 0 Å². The molecule has 0 aromatic heterocycles. The number of rotatable bonds is 4. The van der Waals surface area contributed by atoms with Crippen LogP contribution < -0.4 is 0 Å². The van der Waals surface area contributed by atoms with Gasteiger partial charge in [0.15, 0.2) is 0 Å². The lowest BCUT2D eigenvalue weighted by molar-refractivity contribution is -0.0898. The van der Waals surface area contributed by atoms with Crippen LogP contribution in [0.2, 0.25) is 0 Å². The molecule has 0 unspecified atom stereocenters. The summed E-state index contributed by atoms with van der Waals surface area (Å²) in [5, 5.41) is 10.1. The molecule has 1 amide bonds. The number of carbonyl (C=O) groups excluding carboxylic acids is 1. The highest BCUT2D eigenvalue weighted by Crippen LogP contribution is 2.25. The third-order valence-corrected chi connectivity index (χ3v) is 3.81. The topological polar surface area (TPSA) is 59.0 Å². The van der Waals surface area contributed by atoms with E-state index in [2.05, 4.69) is 0 Å². The fraction of sp³-hybridized carbons (Fsp3) is 0.812. The predicted octanol–water partition coefficient (Wildman–Crippen LogP) is 2.70. The number of nitrogens with zero attached hydrogens (tertiary/aromatic N) is 1. The Kier molecular flexibility index (Phi) is 5.74. The highest BCUT2D eigenvalue weighted by atomic mass is 16.6. The Hall–Kier alpha value is -1.01. The van der Waals surface area contributed by atoms with Gasteiger partial charge in [-0.25, -0.2) is 4.79 Å². The van der Waals surface area contributed by atoms with E-state index >= 15 is 0 Å². The molecule has 1 rings (SSSR count). The molecule has 1 heterocycles. The van der Waals surface area contributed by atoms with Crippen LogP contribution in [0.4, 0.5) is 4.79 Å². The molecule has 0 atom stereocenters. The second kappa shape index (κ2) is 6.63. The summed E-state index contributed by atoms with van der Waals surface area (Å²) in [5.41, 5.74) is -1.28. The molecular formula is C16H29BNO4. The molecule has 5 nitrogen and oxygen atoms in total. The summed E-state index contributed by atoms with van der Waals surface area (Å²) < 4.78 is 11.1. The Morgan fingerprint density at radius 1 is 1.23 bits per heavy atom. The van der Waals surface area contributed by atoms with E-state index in [1.54, 1.807) is 26.2 Å². The number of ether oxygens (including phenoxy) is 1. The second-order valence-electron chi connectivity index (χ2n) is 7.77. The molecule has 0 fully saturated rings. The molecule has 0 saturated carbocycles. The standard InChI is InChI=1S/C16H29BNO4/c1-14(2,3)21-13(19)18-10-8-9-12(11-18)17-22-16(6,7)15(4,5)20/h9,20H,8,10-11H2,1-7H3. The summed E-state index contributed by atoms with van der Waals surface area (Å²) in [7, 11) is 1.63. The van der Waals surface area contributed by atoms with E-state index in [-0.39, 0.29) is 6.09 Å². The fourth-order valence-corrected chi connectivity index (χ4v) is 1.70. The molecule has 0 bridgehead atoms. The molecule has 0 aromatic rings. The molecule has 1 aliphatic rings. The first-order valence-corrected chi connectivity index (χ1v) is 7.72. The van der Waals surface area contributed by atoms with Gasteiger partial charge in [0.05, 0.1) is 11.2 Å². The molecule has 22 heavy (non-hydrogen) atoms. The van der Waals surface area contributed by atoms with E-state index in [1.807, 2.05) is 40.7 Å². The second-order valence-corrected chi connectivity index (χ2v) is 7.77. The molecule has 0 aliphatic carbocycles. The quantitative estimate of drug-likeness (QED) is 0.811. The van der Waals surface area contributed by atoms with Crippen LogP contribution in [0.25, 0.3) is 0 Å². The monoisotopic (exact) mass is 310 g/mol. The molecule has 0 aromatic carbocycles. The molecule has 0 saturated heterocycles. The van der Waals surface area contributed by atoms with Crippen molar-refractivity contribution in [1.29, 1.82) is 0 Å². The van der Waals surface area contributed by atoms with Gasteiger partial charge in [-0.1, -0.05) is 11.5 Å². The third-order valence-electron chi connectivity index (χ3n) is 3.81. The number of hydrogen-bond donors (Lipinski definition) is 1. The van der Waals surface area contributed by atoms with Crippen molar-refractivity contribution in [2.45, 2.75) is 71.7 Å². The van der Waals surface area contributed by atoms with Crippen LogP contribution in [-0.4, -0.2) is 53.5 Å². The summed E-state index contributed by atoms with van der Waals surface area (Å²) in [6.45, 7) is 13.7. The van der Waals surface area contributed by atoms with Crippen molar-refractivity contribution in [3.05, 3.63) is 11.5 Å². The van der Waals surface area contributed by atoms with Crippen LogP contribution in [0.5, 0.6) is 0 Å². The maximum absolute atomic E-state index is 12.1. The minimum absolute atomic E-state index is 0.312. The lowest BCUT2D eigenvalue weighted by Gasteiger charge is -2.38. The van der Waals surface area contributed by atoms with E-state index in [0.717, 1.165) is 11.9 Å². The van der Waals surface area contributed by atoms with Gasteiger partial charge in [0.25, 0.3) is 0 Å². The minimum Gasteiger partial charge on any atom is -0.444 e. The minimum atomic E-state index is -0.969. The zero-order chi connectivity index (χ0) is 17.2. The molecule has 1 aliphatic heterocycles. The Morgan fingerprint density at radius 2 is 1.82 bits per heavy atom. The van der Waals surface area contributed by atoms with Crippen LogP contribution in [0.1, 0.15) is 54.9 Å². The number of aliphatic hydroxyl groups is 1. The first-order chi connectivity index (χ1) is 9.82. The maximum atomic E-state index is 12.1. The number of hydrogen-bond acceptors (Lipinski definition) is 4. The van der Waals surface area contributed by atoms with E-state index in [0.29, 0.717) is 13.1 Å². The van der Waals surface area contributed by atoms with Gasteiger partial charge < -0.3 is 19.4 Å². The molecule has 125 valence electrons. The first-order valence-electron chi connectivity index (χ1n) is 7.72. The molecule has 6 heteroatoms. The van der Waals surface area contributed by atoms with Crippen molar-refractivity contribution in [2.24, 2.45) is 0 Å². The highest BCUT2D eigenvalue weighted by Gasteiger charge is 2.36. The molecule has 1 radical (unpaired) electrons. The van der Waals surface area contributed by atoms with Crippen molar-refractivity contribution in [2.75, 3.05) is 13.1 Å². The average molecular weight is 310 g/mol. The van der Waals surface area contributed by atoms with Gasteiger partial charge in [0.1, 0.15) is 5.60 Å². The van der Waals surface area contributed by atoms with Crippen molar-refractivity contribution in [3.8, 4) is 0 Å². The number of carbonyl (C=O) groups is 1. The van der Waals surface area contributed by atoms with Gasteiger partial charge in [0.2, 0.25) is 0 Å².